The van der Waals surface area contributed by atoms with Crippen molar-refractivity contribution in [3.05, 3.63) is 68.5 Å². The number of amides is 1. The predicted molar refractivity (Wildman–Crippen MR) is 88.0 cm³/mol. The number of β-amino-alcohol motifs (C(OH)–C–C–N with tert-alkyl or cyclic N) is 1. The van der Waals surface area contributed by atoms with E-state index in [-0.39, 0.29) is 18.0 Å². The van der Waals surface area contributed by atoms with Gasteiger partial charge in [0.05, 0.1) is 6.10 Å². The molecule has 0 aliphatic carbocycles. The number of piperidine rings is 1. The first-order valence-corrected chi connectivity index (χ1v) is 7.79. The number of rotatable bonds is 2. The Balaban J connectivity index is 1.79. The topological polar surface area (TPSA) is 95.4 Å². The first-order valence-electron chi connectivity index (χ1n) is 7.79. The van der Waals surface area contributed by atoms with Crippen LogP contribution in [-0.2, 0) is 7.05 Å². The van der Waals surface area contributed by atoms with Crippen LogP contribution < -0.4 is 11.2 Å². The molecule has 24 heavy (non-hydrogen) atoms. The Morgan fingerprint density at radius 1 is 1.25 bits per heavy atom. The number of benzene rings is 1. The maximum atomic E-state index is 12.6. The second kappa shape index (κ2) is 6.45. The van der Waals surface area contributed by atoms with Gasteiger partial charge in [-0.05, 0) is 12.0 Å². The third-order valence-corrected chi connectivity index (χ3v) is 4.44. The first kappa shape index (κ1) is 16.2. The molecule has 126 valence electrons. The van der Waals surface area contributed by atoms with Gasteiger partial charge in [-0.2, -0.15) is 0 Å². The average molecular weight is 329 g/mol. The van der Waals surface area contributed by atoms with E-state index in [0.717, 1.165) is 10.1 Å². The van der Waals surface area contributed by atoms with Crippen molar-refractivity contribution in [2.75, 3.05) is 13.1 Å². The van der Waals surface area contributed by atoms with E-state index in [1.807, 2.05) is 30.3 Å². The summed E-state index contributed by atoms with van der Waals surface area (Å²) in [5.74, 6) is -0.508. The molecule has 0 unspecified atom stereocenters. The van der Waals surface area contributed by atoms with E-state index < -0.39 is 23.3 Å². The van der Waals surface area contributed by atoms with E-state index in [9.17, 15) is 19.5 Å². The van der Waals surface area contributed by atoms with Gasteiger partial charge >= 0.3 is 5.69 Å². The smallest absolute Gasteiger partial charge is 0.328 e. The molecular formula is C17H19N3O4. The molecule has 0 bridgehead atoms. The molecule has 7 heteroatoms. The van der Waals surface area contributed by atoms with E-state index in [0.29, 0.717) is 13.0 Å². The molecule has 1 aromatic carbocycles. The Hall–Kier alpha value is -2.67. The molecule has 1 saturated heterocycles. The fourth-order valence-corrected chi connectivity index (χ4v) is 3.09. The number of H-pyrrole nitrogens is 1. The Bertz CT molecular complexity index is 856. The molecule has 1 amide bonds. The van der Waals surface area contributed by atoms with Gasteiger partial charge in [-0.1, -0.05) is 30.3 Å². The van der Waals surface area contributed by atoms with Crippen LogP contribution in [0.4, 0.5) is 0 Å². The number of aryl methyl sites for hydroxylation is 1. The number of hydrogen-bond acceptors (Lipinski definition) is 4. The van der Waals surface area contributed by atoms with Crippen LogP contribution in [0.1, 0.15) is 28.3 Å². The highest BCUT2D eigenvalue weighted by molar-refractivity contribution is 5.93. The van der Waals surface area contributed by atoms with Crippen LogP contribution in [0.5, 0.6) is 0 Å². The fourth-order valence-electron chi connectivity index (χ4n) is 3.09. The Labute approximate surface area is 138 Å². The maximum absolute atomic E-state index is 12.6. The number of carbonyl (C=O) groups is 1. The Morgan fingerprint density at radius 3 is 2.62 bits per heavy atom. The van der Waals surface area contributed by atoms with Crippen molar-refractivity contribution in [2.24, 2.45) is 7.05 Å². The molecule has 1 aromatic heterocycles. The van der Waals surface area contributed by atoms with Crippen molar-refractivity contribution in [1.29, 1.82) is 0 Å². The number of aromatic nitrogens is 2. The molecule has 0 saturated carbocycles. The summed E-state index contributed by atoms with van der Waals surface area (Å²) in [6.07, 6.45) is 1.15. The third-order valence-electron chi connectivity index (χ3n) is 4.44. The van der Waals surface area contributed by atoms with Crippen molar-refractivity contribution in [3.63, 3.8) is 0 Å². The molecule has 7 nitrogen and oxygen atoms in total. The summed E-state index contributed by atoms with van der Waals surface area (Å²) in [5.41, 5.74) is -0.332. The van der Waals surface area contributed by atoms with Crippen LogP contribution in [0.3, 0.4) is 0 Å². The summed E-state index contributed by atoms with van der Waals surface area (Å²) in [6.45, 7) is 0.596. The maximum Gasteiger partial charge on any atom is 0.328 e. The van der Waals surface area contributed by atoms with Crippen LogP contribution in [0, 0.1) is 0 Å². The lowest BCUT2D eigenvalue weighted by molar-refractivity contribution is 0.0380. The quantitative estimate of drug-likeness (QED) is 0.815. The number of aromatic amines is 1. The molecule has 1 fully saturated rings. The van der Waals surface area contributed by atoms with Gasteiger partial charge in [0, 0.05) is 32.3 Å². The van der Waals surface area contributed by atoms with Crippen molar-refractivity contribution >= 4 is 5.91 Å². The summed E-state index contributed by atoms with van der Waals surface area (Å²) in [4.78, 5) is 39.4. The molecule has 1 aliphatic rings. The molecule has 2 N–H and O–H groups in total. The third kappa shape index (κ3) is 3.03. The van der Waals surface area contributed by atoms with Gasteiger partial charge in [-0.25, -0.2) is 4.79 Å². The van der Waals surface area contributed by atoms with E-state index in [1.54, 1.807) is 0 Å². The minimum atomic E-state index is -0.706. The molecule has 0 radical (unpaired) electrons. The van der Waals surface area contributed by atoms with E-state index in [1.165, 1.54) is 18.1 Å². The van der Waals surface area contributed by atoms with Crippen molar-refractivity contribution in [1.82, 2.24) is 14.5 Å². The second-order valence-corrected chi connectivity index (χ2v) is 6.04. The Kier molecular flexibility index (Phi) is 4.35. The minimum absolute atomic E-state index is 0.0336. The van der Waals surface area contributed by atoms with Gasteiger partial charge in [0.25, 0.3) is 11.5 Å². The zero-order valence-electron chi connectivity index (χ0n) is 13.3. The number of likely N-dealkylation sites (tertiary alicyclic amines) is 1. The molecule has 3 rings (SSSR count). The minimum Gasteiger partial charge on any atom is -0.391 e. The van der Waals surface area contributed by atoms with Gasteiger partial charge in [0.2, 0.25) is 0 Å². The van der Waals surface area contributed by atoms with Gasteiger partial charge < -0.3 is 14.6 Å². The molecule has 1 aliphatic heterocycles. The first-order chi connectivity index (χ1) is 11.5. The highest BCUT2D eigenvalue weighted by Gasteiger charge is 2.32. The number of nitrogens with zero attached hydrogens (tertiary/aromatic N) is 2. The summed E-state index contributed by atoms with van der Waals surface area (Å²) < 4.78 is 1.15. The number of aliphatic hydroxyl groups excluding tert-OH is 1. The Morgan fingerprint density at radius 2 is 1.96 bits per heavy atom. The van der Waals surface area contributed by atoms with Crippen LogP contribution in [0.15, 0.2) is 46.1 Å². The highest BCUT2D eigenvalue weighted by Crippen LogP contribution is 2.28. The monoisotopic (exact) mass is 329 g/mol. The van der Waals surface area contributed by atoms with Crippen molar-refractivity contribution in [3.8, 4) is 0 Å². The van der Waals surface area contributed by atoms with Gasteiger partial charge in [0.1, 0.15) is 5.56 Å². The van der Waals surface area contributed by atoms with Crippen LogP contribution >= 0.6 is 0 Å². The van der Waals surface area contributed by atoms with Crippen molar-refractivity contribution in [2.45, 2.75) is 18.4 Å². The number of carbonyl (C=O) groups excluding carboxylic acids is 1. The molecule has 2 atom stereocenters. The van der Waals surface area contributed by atoms with Crippen LogP contribution in [-0.4, -0.2) is 44.7 Å². The van der Waals surface area contributed by atoms with E-state index >= 15 is 0 Å². The number of nitrogens with one attached hydrogen (secondary N) is 1. The average Bonchev–Trinajstić information content (AvgIpc) is 2.58. The lowest BCUT2D eigenvalue weighted by atomic mass is 9.87. The van der Waals surface area contributed by atoms with Crippen molar-refractivity contribution < 1.29 is 9.90 Å². The van der Waals surface area contributed by atoms with Crippen LogP contribution in [0.2, 0.25) is 0 Å². The summed E-state index contributed by atoms with van der Waals surface area (Å²) in [7, 11) is 1.46. The molecule has 2 aromatic rings. The van der Waals surface area contributed by atoms with Gasteiger partial charge in [0.15, 0.2) is 0 Å². The largest absolute Gasteiger partial charge is 0.391 e. The number of hydrogen-bond donors (Lipinski definition) is 2. The van der Waals surface area contributed by atoms with E-state index in [4.69, 9.17) is 0 Å². The fraction of sp³-hybridized carbons (Fsp3) is 0.353. The highest BCUT2D eigenvalue weighted by atomic mass is 16.3. The molecule has 2 heterocycles. The summed E-state index contributed by atoms with van der Waals surface area (Å²) >= 11 is 0. The van der Waals surface area contributed by atoms with Gasteiger partial charge in [-0.3, -0.25) is 14.6 Å². The predicted octanol–water partition coefficient (Wildman–Crippen LogP) is 0.0642. The lowest BCUT2D eigenvalue weighted by Crippen LogP contribution is -2.47. The summed E-state index contributed by atoms with van der Waals surface area (Å²) in [5, 5.41) is 10.4. The molecule has 0 spiro atoms. The lowest BCUT2D eigenvalue weighted by Gasteiger charge is -2.36. The second-order valence-electron chi connectivity index (χ2n) is 6.04. The summed E-state index contributed by atoms with van der Waals surface area (Å²) in [6, 6.07) is 9.68. The van der Waals surface area contributed by atoms with E-state index in [2.05, 4.69) is 4.98 Å². The normalized spacial score (nSPS) is 20.8. The SMILES string of the molecule is Cn1cc(C(=O)N2CC[C@@H](c3ccccc3)[C@H](O)C2)c(=O)[nH]c1=O. The van der Waals surface area contributed by atoms with Gasteiger partial charge in [-0.15, -0.1) is 0 Å². The zero-order valence-corrected chi connectivity index (χ0v) is 13.3. The zero-order chi connectivity index (χ0) is 17.3. The number of aliphatic hydroxyl groups is 1. The molecular weight excluding hydrogens is 310 g/mol. The standard InChI is InChI=1S/C17H19N3O4/c1-19-9-13(15(22)18-17(19)24)16(23)20-8-7-12(14(21)10-20)11-5-3-2-4-6-11/h2-6,9,12,14,21H,7-8,10H2,1H3,(H,18,22,24)/t12-,14+/m0/s1. The van der Waals surface area contributed by atoms with Crippen LogP contribution in [0.25, 0.3) is 0 Å².